The molecular formula is C19H23N. The van der Waals surface area contributed by atoms with Gasteiger partial charge < -0.3 is 5.32 Å². The maximum absolute atomic E-state index is 4.02. The summed E-state index contributed by atoms with van der Waals surface area (Å²) in [5.74, 6) is 7.74. The molecule has 104 valence electrons. The number of benzene rings is 1. The lowest BCUT2D eigenvalue weighted by Gasteiger charge is -2.40. The molecule has 0 heterocycles. The van der Waals surface area contributed by atoms with E-state index in [0.717, 1.165) is 54.0 Å². The molecule has 0 unspecified atom stereocenters. The van der Waals surface area contributed by atoms with Gasteiger partial charge in [-0.1, -0.05) is 37.3 Å². The smallest absolute Gasteiger partial charge is 0.0208 e. The van der Waals surface area contributed by atoms with Crippen LogP contribution in [0.4, 0.5) is 0 Å². The molecule has 1 heteroatoms. The third-order valence-electron chi connectivity index (χ3n) is 8.38. The second kappa shape index (κ2) is 3.16. The minimum absolute atomic E-state index is 0.659. The van der Waals surface area contributed by atoms with Gasteiger partial charge in [-0.25, -0.2) is 0 Å². The van der Waals surface area contributed by atoms with Crippen molar-refractivity contribution in [2.24, 2.45) is 46.8 Å². The van der Waals surface area contributed by atoms with E-state index in [0.29, 0.717) is 5.41 Å². The van der Waals surface area contributed by atoms with E-state index in [-0.39, 0.29) is 0 Å². The van der Waals surface area contributed by atoms with Gasteiger partial charge in [0, 0.05) is 12.6 Å². The van der Waals surface area contributed by atoms with Gasteiger partial charge in [0.05, 0.1) is 0 Å². The van der Waals surface area contributed by atoms with Crippen LogP contribution >= 0.6 is 0 Å². The zero-order valence-electron chi connectivity index (χ0n) is 12.1. The van der Waals surface area contributed by atoms with E-state index in [9.17, 15) is 0 Å². The highest BCUT2D eigenvalue weighted by molar-refractivity contribution is 5.34. The van der Waals surface area contributed by atoms with Gasteiger partial charge in [0.25, 0.3) is 0 Å². The van der Waals surface area contributed by atoms with Crippen LogP contribution in [-0.4, -0.2) is 6.04 Å². The Hall–Kier alpha value is -0.820. The van der Waals surface area contributed by atoms with Gasteiger partial charge in [0.1, 0.15) is 0 Å². The van der Waals surface area contributed by atoms with Crippen LogP contribution in [-0.2, 0) is 6.54 Å². The molecule has 0 radical (unpaired) electrons. The van der Waals surface area contributed by atoms with E-state index in [2.05, 4.69) is 42.6 Å². The number of rotatable bonds is 3. The first-order chi connectivity index (χ1) is 9.80. The summed E-state index contributed by atoms with van der Waals surface area (Å²) in [7, 11) is 0. The molecule has 7 rings (SSSR count). The van der Waals surface area contributed by atoms with Crippen LogP contribution in [0.15, 0.2) is 30.3 Å². The Morgan fingerprint density at radius 3 is 2.70 bits per heavy atom. The highest BCUT2D eigenvalue weighted by Crippen LogP contribution is 2.86. The lowest BCUT2D eigenvalue weighted by molar-refractivity contribution is 0.0652. The zero-order valence-corrected chi connectivity index (χ0v) is 12.1. The average Bonchev–Trinajstić information content (AvgIpc) is 3.16. The Bertz CT molecular complexity index is 581. The first-order valence-corrected chi connectivity index (χ1v) is 8.57. The summed E-state index contributed by atoms with van der Waals surface area (Å²) in [4.78, 5) is 0. The predicted molar refractivity (Wildman–Crippen MR) is 78.8 cm³/mol. The quantitative estimate of drug-likeness (QED) is 0.884. The maximum atomic E-state index is 4.02. The number of nitrogens with one attached hydrogen (secondary N) is 1. The van der Waals surface area contributed by atoms with Gasteiger partial charge in [-0.15, -0.1) is 0 Å². The summed E-state index contributed by atoms with van der Waals surface area (Å²) in [5.41, 5.74) is 2.11. The van der Waals surface area contributed by atoms with E-state index >= 15 is 0 Å². The first-order valence-electron chi connectivity index (χ1n) is 8.57. The van der Waals surface area contributed by atoms with Gasteiger partial charge in [0.2, 0.25) is 0 Å². The van der Waals surface area contributed by atoms with Crippen LogP contribution in [0.2, 0.25) is 0 Å². The summed E-state index contributed by atoms with van der Waals surface area (Å²) in [5, 5.41) is 4.02. The standard InChI is InChI=1S/C19H23N/c1-19-14-8-12-11-7-13(17(12)19)16(15(11)14)18(19)20-9-10-5-3-2-4-6-10/h2-6,11-18,20H,7-9H2,1H3/t11-,12-,13+,14-,15-,16+,17+,18-,19-/m0/s1. The lowest BCUT2D eigenvalue weighted by atomic mass is 9.64. The fourth-order valence-corrected chi connectivity index (χ4v) is 8.31. The SMILES string of the molecule is C[C@@]12[C@H]3[C@@H]4C[C@H]5[C@@H]3C[C@H]1[C@H]5[C@@H]4[C@@H]2NCc1ccccc1. The molecule has 6 bridgehead atoms. The van der Waals surface area contributed by atoms with Crippen molar-refractivity contribution in [3.05, 3.63) is 35.9 Å². The summed E-state index contributed by atoms with van der Waals surface area (Å²) in [6.45, 7) is 3.73. The second-order valence-electron chi connectivity index (χ2n) is 8.46. The Kier molecular flexibility index (Phi) is 1.72. The van der Waals surface area contributed by atoms with Crippen molar-refractivity contribution in [3.8, 4) is 0 Å². The Balaban J connectivity index is 1.34. The molecule has 9 atom stereocenters. The van der Waals surface area contributed by atoms with Crippen molar-refractivity contribution in [1.82, 2.24) is 5.32 Å². The molecule has 6 saturated carbocycles. The molecular weight excluding hydrogens is 242 g/mol. The summed E-state index contributed by atoms with van der Waals surface area (Å²) >= 11 is 0. The molecule has 1 aromatic rings. The van der Waals surface area contributed by atoms with Crippen molar-refractivity contribution in [2.45, 2.75) is 32.4 Å². The minimum atomic E-state index is 0.659. The van der Waals surface area contributed by atoms with E-state index < -0.39 is 0 Å². The van der Waals surface area contributed by atoms with Crippen LogP contribution in [0.5, 0.6) is 0 Å². The normalized spacial score (nSPS) is 59.5. The summed E-state index contributed by atoms with van der Waals surface area (Å²) in [6, 6.07) is 11.8. The molecule has 0 amide bonds. The fourth-order valence-electron chi connectivity index (χ4n) is 8.31. The molecule has 6 aliphatic carbocycles. The molecule has 1 N–H and O–H groups in total. The highest BCUT2D eigenvalue weighted by Gasteiger charge is 2.84. The molecule has 0 saturated heterocycles. The van der Waals surface area contributed by atoms with Gasteiger partial charge in [0.15, 0.2) is 0 Å². The molecule has 6 fully saturated rings. The minimum Gasteiger partial charge on any atom is -0.309 e. The predicted octanol–water partition coefficient (Wildman–Crippen LogP) is 3.31. The van der Waals surface area contributed by atoms with Crippen molar-refractivity contribution >= 4 is 0 Å². The van der Waals surface area contributed by atoms with Gasteiger partial charge >= 0.3 is 0 Å². The third-order valence-corrected chi connectivity index (χ3v) is 8.38. The van der Waals surface area contributed by atoms with E-state index in [1.807, 2.05) is 0 Å². The van der Waals surface area contributed by atoms with Crippen LogP contribution in [0.25, 0.3) is 0 Å². The molecule has 0 aromatic heterocycles. The van der Waals surface area contributed by atoms with Crippen LogP contribution in [0, 0.1) is 46.8 Å². The largest absolute Gasteiger partial charge is 0.309 e. The second-order valence-corrected chi connectivity index (χ2v) is 8.46. The number of hydrogen-bond acceptors (Lipinski definition) is 1. The van der Waals surface area contributed by atoms with Crippen molar-refractivity contribution in [3.63, 3.8) is 0 Å². The number of hydrogen-bond donors (Lipinski definition) is 1. The van der Waals surface area contributed by atoms with E-state index in [1.165, 1.54) is 5.56 Å². The average molecular weight is 265 g/mol. The van der Waals surface area contributed by atoms with Gasteiger partial charge in [-0.2, -0.15) is 0 Å². The summed E-state index contributed by atoms with van der Waals surface area (Å²) in [6.07, 6.45) is 3.19. The summed E-state index contributed by atoms with van der Waals surface area (Å²) < 4.78 is 0. The maximum Gasteiger partial charge on any atom is 0.0208 e. The fraction of sp³-hybridized carbons (Fsp3) is 0.684. The van der Waals surface area contributed by atoms with Crippen LogP contribution in [0.3, 0.4) is 0 Å². The van der Waals surface area contributed by atoms with Crippen molar-refractivity contribution in [2.75, 3.05) is 0 Å². The molecule has 0 spiro atoms. The molecule has 1 nitrogen and oxygen atoms in total. The first kappa shape index (κ1) is 10.8. The highest BCUT2D eigenvalue weighted by atomic mass is 15.0. The monoisotopic (exact) mass is 265 g/mol. The van der Waals surface area contributed by atoms with Crippen molar-refractivity contribution in [1.29, 1.82) is 0 Å². The molecule has 20 heavy (non-hydrogen) atoms. The Morgan fingerprint density at radius 1 is 1.05 bits per heavy atom. The molecule has 0 aliphatic heterocycles. The topological polar surface area (TPSA) is 12.0 Å². The molecule has 6 aliphatic rings. The van der Waals surface area contributed by atoms with Crippen LogP contribution < -0.4 is 5.32 Å². The zero-order chi connectivity index (χ0) is 13.1. The third kappa shape index (κ3) is 0.913. The van der Waals surface area contributed by atoms with Crippen molar-refractivity contribution < 1.29 is 0 Å². The van der Waals surface area contributed by atoms with Gasteiger partial charge in [-0.3, -0.25) is 0 Å². The molecule has 1 aromatic carbocycles. The van der Waals surface area contributed by atoms with Gasteiger partial charge in [-0.05, 0) is 65.2 Å². The lowest BCUT2D eigenvalue weighted by Crippen LogP contribution is -2.42. The Morgan fingerprint density at radius 2 is 1.90 bits per heavy atom. The van der Waals surface area contributed by atoms with E-state index in [1.54, 1.807) is 12.8 Å². The van der Waals surface area contributed by atoms with E-state index in [4.69, 9.17) is 0 Å². The van der Waals surface area contributed by atoms with Crippen LogP contribution in [0.1, 0.15) is 25.3 Å². The Labute approximate surface area is 121 Å².